The van der Waals surface area contributed by atoms with Gasteiger partial charge in [0.25, 0.3) is 0 Å². The molecule has 0 aromatic heterocycles. The zero-order valence-corrected chi connectivity index (χ0v) is 17.8. The van der Waals surface area contributed by atoms with E-state index in [1.165, 1.54) is 6.08 Å². The fourth-order valence-corrected chi connectivity index (χ4v) is 4.65. The number of carbonyl (C=O) groups excluding carboxylic acids is 3. The van der Waals surface area contributed by atoms with Gasteiger partial charge >= 0.3 is 0 Å². The monoisotopic (exact) mass is 428 g/mol. The number of hydrogen-bond donors (Lipinski definition) is 0. The van der Waals surface area contributed by atoms with Crippen LogP contribution in [-0.2, 0) is 4.79 Å². The molecular weight excluding hydrogens is 408 g/mol. The van der Waals surface area contributed by atoms with Crippen molar-refractivity contribution in [2.45, 2.75) is 12.8 Å². The third kappa shape index (κ3) is 4.01. The Morgan fingerprint density at radius 1 is 0.710 bits per heavy atom. The van der Waals surface area contributed by atoms with Gasteiger partial charge in [-0.15, -0.1) is 0 Å². The largest absolute Gasteiger partial charge is 0.294 e. The molecule has 3 nitrogen and oxygen atoms in total. The molecule has 3 unspecified atom stereocenters. The summed E-state index contributed by atoms with van der Waals surface area (Å²) in [5.41, 5.74) is 2.25. The van der Waals surface area contributed by atoms with Crippen molar-refractivity contribution < 1.29 is 14.4 Å². The molecule has 0 spiro atoms. The SMILES string of the molecule is CC1=CC(=O)C(C(=O)c2ccccc2)C(c2ccccc2Cl)C1C(=O)c1ccccc1. The van der Waals surface area contributed by atoms with E-state index in [9.17, 15) is 14.4 Å². The van der Waals surface area contributed by atoms with Gasteiger partial charge in [0.1, 0.15) is 0 Å². The molecule has 0 amide bonds. The van der Waals surface area contributed by atoms with E-state index in [0.29, 0.717) is 27.3 Å². The summed E-state index contributed by atoms with van der Waals surface area (Å²) in [7, 11) is 0. The van der Waals surface area contributed by atoms with Crippen LogP contribution in [0.2, 0.25) is 5.02 Å². The Kier molecular flexibility index (Phi) is 5.97. The van der Waals surface area contributed by atoms with E-state index in [1.807, 2.05) is 18.2 Å². The van der Waals surface area contributed by atoms with Crippen LogP contribution >= 0.6 is 11.6 Å². The molecule has 1 aliphatic carbocycles. The Bertz CT molecular complexity index is 1170. The third-order valence-electron chi connectivity index (χ3n) is 5.83. The first-order chi connectivity index (χ1) is 15.0. The van der Waals surface area contributed by atoms with Crippen LogP contribution in [-0.4, -0.2) is 17.3 Å². The summed E-state index contributed by atoms with van der Waals surface area (Å²) in [4.78, 5) is 40.3. The van der Waals surface area contributed by atoms with Crippen molar-refractivity contribution in [3.05, 3.63) is 118 Å². The van der Waals surface area contributed by atoms with Gasteiger partial charge in [-0.05, 0) is 24.6 Å². The Morgan fingerprint density at radius 2 is 1.19 bits per heavy atom. The number of Topliss-reactive ketones (excluding diaryl/α,β-unsaturated/α-hetero) is 2. The van der Waals surface area contributed by atoms with Crippen molar-refractivity contribution >= 4 is 29.0 Å². The molecule has 0 saturated heterocycles. The van der Waals surface area contributed by atoms with E-state index in [0.717, 1.165) is 0 Å². The number of benzene rings is 3. The highest BCUT2D eigenvalue weighted by Crippen LogP contribution is 2.45. The lowest BCUT2D eigenvalue weighted by atomic mass is 9.64. The molecule has 3 aromatic rings. The molecule has 4 heteroatoms. The first-order valence-electron chi connectivity index (χ1n) is 10.1. The average molecular weight is 429 g/mol. The van der Waals surface area contributed by atoms with Crippen LogP contribution in [0.1, 0.15) is 39.1 Å². The summed E-state index contributed by atoms with van der Waals surface area (Å²) in [6.45, 7) is 1.77. The highest BCUT2D eigenvalue weighted by atomic mass is 35.5. The van der Waals surface area contributed by atoms with Crippen molar-refractivity contribution in [2.75, 3.05) is 0 Å². The van der Waals surface area contributed by atoms with E-state index < -0.39 is 17.8 Å². The van der Waals surface area contributed by atoms with Crippen molar-refractivity contribution in [3.8, 4) is 0 Å². The van der Waals surface area contributed by atoms with Gasteiger partial charge in [0.05, 0.1) is 11.8 Å². The summed E-state index contributed by atoms with van der Waals surface area (Å²) in [6, 6.07) is 24.8. The molecule has 31 heavy (non-hydrogen) atoms. The molecule has 154 valence electrons. The summed E-state index contributed by atoms with van der Waals surface area (Å²) in [6.07, 6.45) is 1.45. The van der Waals surface area contributed by atoms with Crippen LogP contribution in [0.5, 0.6) is 0 Å². The van der Waals surface area contributed by atoms with Gasteiger partial charge in [-0.3, -0.25) is 14.4 Å². The minimum atomic E-state index is -1.02. The minimum absolute atomic E-state index is 0.127. The highest BCUT2D eigenvalue weighted by molar-refractivity contribution is 6.31. The number of ketones is 3. The summed E-state index contributed by atoms with van der Waals surface area (Å²) in [5.74, 6) is -3.11. The number of halogens is 1. The highest BCUT2D eigenvalue weighted by Gasteiger charge is 2.46. The number of carbonyl (C=O) groups is 3. The third-order valence-corrected chi connectivity index (χ3v) is 6.18. The van der Waals surface area contributed by atoms with Crippen molar-refractivity contribution in [3.63, 3.8) is 0 Å². The van der Waals surface area contributed by atoms with E-state index in [1.54, 1.807) is 73.7 Å². The predicted octanol–water partition coefficient (Wildman–Crippen LogP) is 5.95. The second kappa shape index (κ2) is 8.83. The average Bonchev–Trinajstić information content (AvgIpc) is 2.79. The zero-order valence-electron chi connectivity index (χ0n) is 17.0. The molecule has 0 radical (unpaired) electrons. The predicted molar refractivity (Wildman–Crippen MR) is 121 cm³/mol. The van der Waals surface area contributed by atoms with Crippen molar-refractivity contribution in [1.82, 2.24) is 0 Å². The van der Waals surface area contributed by atoms with Crippen molar-refractivity contribution in [2.24, 2.45) is 11.8 Å². The van der Waals surface area contributed by atoms with Gasteiger partial charge in [0.15, 0.2) is 17.3 Å². The Morgan fingerprint density at radius 3 is 1.74 bits per heavy atom. The van der Waals surface area contributed by atoms with Gasteiger partial charge in [0.2, 0.25) is 0 Å². The quantitative estimate of drug-likeness (QED) is 0.372. The number of allylic oxidation sites excluding steroid dienone is 2. The first-order valence-corrected chi connectivity index (χ1v) is 10.5. The minimum Gasteiger partial charge on any atom is -0.294 e. The number of rotatable bonds is 5. The zero-order chi connectivity index (χ0) is 22.0. The maximum Gasteiger partial charge on any atom is 0.174 e. The molecule has 0 aliphatic heterocycles. The van der Waals surface area contributed by atoms with E-state index in [4.69, 9.17) is 11.6 Å². The Labute approximate surface area is 186 Å². The summed E-state index contributed by atoms with van der Waals surface area (Å²) >= 11 is 6.53. The van der Waals surface area contributed by atoms with Crippen LogP contribution in [0.15, 0.2) is 96.6 Å². The molecule has 4 rings (SSSR count). The van der Waals surface area contributed by atoms with Crippen LogP contribution in [0.25, 0.3) is 0 Å². The fraction of sp³-hybridized carbons (Fsp3) is 0.148. The second-order valence-corrected chi connectivity index (χ2v) is 8.16. The lowest BCUT2D eigenvalue weighted by Crippen LogP contribution is -2.40. The van der Waals surface area contributed by atoms with Crippen LogP contribution < -0.4 is 0 Å². The standard InChI is InChI=1S/C27H21ClO3/c1-17-16-22(29)25(27(31)19-12-6-3-7-13-19)24(20-14-8-9-15-21(20)28)23(17)26(30)18-10-4-2-5-11-18/h2-16,23-25H,1H3. The smallest absolute Gasteiger partial charge is 0.174 e. The lowest BCUT2D eigenvalue weighted by Gasteiger charge is -2.36. The van der Waals surface area contributed by atoms with Crippen LogP contribution in [0.3, 0.4) is 0 Å². The van der Waals surface area contributed by atoms with Crippen molar-refractivity contribution in [1.29, 1.82) is 0 Å². The van der Waals surface area contributed by atoms with E-state index >= 15 is 0 Å². The van der Waals surface area contributed by atoms with Gasteiger partial charge in [-0.2, -0.15) is 0 Å². The van der Waals surface area contributed by atoms with Gasteiger partial charge < -0.3 is 0 Å². The molecule has 3 atom stereocenters. The van der Waals surface area contributed by atoms with E-state index in [-0.39, 0.29) is 17.3 Å². The van der Waals surface area contributed by atoms with Gasteiger partial charge in [0, 0.05) is 22.1 Å². The normalized spacial score (nSPS) is 20.8. The Balaban J connectivity index is 1.90. The van der Waals surface area contributed by atoms with Crippen LogP contribution in [0, 0.1) is 11.8 Å². The molecule has 0 fully saturated rings. The lowest BCUT2D eigenvalue weighted by molar-refractivity contribution is -0.118. The maximum absolute atomic E-state index is 13.6. The molecule has 0 N–H and O–H groups in total. The molecule has 0 bridgehead atoms. The van der Waals surface area contributed by atoms with Gasteiger partial charge in [-0.25, -0.2) is 0 Å². The molecular formula is C27H21ClO3. The number of hydrogen-bond acceptors (Lipinski definition) is 3. The maximum atomic E-state index is 13.6. The Hall–Kier alpha value is -3.30. The molecule has 0 heterocycles. The topological polar surface area (TPSA) is 51.2 Å². The molecule has 1 aliphatic rings. The summed E-state index contributed by atoms with van der Waals surface area (Å²) in [5, 5.41) is 0.437. The second-order valence-electron chi connectivity index (χ2n) is 7.75. The summed E-state index contributed by atoms with van der Waals surface area (Å²) < 4.78 is 0. The molecule has 0 saturated carbocycles. The van der Waals surface area contributed by atoms with E-state index in [2.05, 4.69) is 0 Å². The first kappa shape index (κ1) is 21.0. The van der Waals surface area contributed by atoms with Gasteiger partial charge in [-0.1, -0.05) is 96.0 Å². The molecule has 3 aromatic carbocycles. The van der Waals surface area contributed by atoms with Crippen LogP contribution in [0.4, 0.5) is 0 Å². The fourth-order valence-electron chi connectivity index (χ4n) is 4.39.